The summed E-state index contributed by atoms with van der Waals surface area (Å²) in [5.74, 6) is 0.587. The minimum absolute atomic E-state index is 0.399. The van der Waals surface area contributed by atoms with Crippen LogP contribution in [0, 0.1) is 0 Å². The molecule has 0 saturated heterocycles. The monoisotopic (exact) mass is 328 g/mol. The van der Waals surface area contributed by atoms with Crippen LogP contribution in [-0.4, -0.2) is 6.29 Å². The van der Waals surface area contributed by atoms with Gasteiger partial charge in [-0.2, -0.15) is 11.3 Å². The second kappa shape index (κ2) is 6.77. The molecule has 22 heavy (non-hydrogen) atoms. The molecular weight excluding hydrogens is 316 g/mol. The summed E-state index contributed by atoms with van der Waals surface area (Å²) in [5.41, 5.74) is 3.68. The predicted octanol–water partition coefficient (Wildman–Crippen LogP) is 5.46. The molecule has 3 aromatic rings. The highest BCUT2D eigenvalue weighted by molar-refractivity contribution is 7.08. The van der Waals surface area contributed by atoms with Gasteiger partial charge in [-0.25, -0.2) is 0 Å². The first-order valence-corrected chi connectivity index (χ1v) is 8.07. The molecule has 0 bridgehead atoms. The number of hydrogen-bond acceptors (Lipinski definition) is 3. The van der Waals surface area contributed by atoms with E-state index in [9.17, 15) is 4.79 Å². The van der Waals surface area contributed by atoms with Crippen LogP contribution in [0.5, 0.6) is 5.75 Å². The highest BCUT2D eigenvalue weighted by atomic mass is 35.5. The molecule has 3 rings (SSSR count). The van der Waals surface area contributed by atoms with E-state index in [0.717, 1.165) is 23.0 Å². The third-order valence-corrected chi connectivity index (χ3v) is 4.23. The highest BCUT2D eigenvalue weighted by Gasteiger charge is 2.07. The molecule has 0 atom stereocenters. The third-order valence-electron chi connectivity index (χ3n) is 3.30. The smallest absolute Gasteiger partial charge is 0.153 e. The Morgan fingerprint density at radius 3 is 2.55 bits per heavy atom. The first kappa shape index (κ1) is 14.8. The molecule has 2 aromatic carbocycles. The lowest BCUT2D eigenvalue weighted by molar-refractivity contribution is 0.111. The van der Waals surface area contributed by atoms with Crippen molar-refractivity contribution in [3.8, 4) is 16.9 Å². The summed E-state index contributed by atoms with van der Waals surface area (Å²) in [6.07, 6.45) is 0.826. The summed E-state index contributed by atoms with van der Waals surface area (Å²) in [5, 5.41) is 4.76. The van der Waals surface area contributed by atoms with Gasteiger partial charge in [-0.3, -0.25) is 4.79 Å². The van der Waals surface area contributed by atoms with Crippen molar-refractivity contribution in [2.75, 3.05) is 0 Å². The fourth-order valence-electron chi connectivity index (χ4n) is 2.12. The highest BCUT2D eigenvalue weighted by Crippen LogP contribution is 2.27. The first-order chi connectivity index (χ1) is 10.8. The lowest BCUT2D eigenvalue weighted by Crippen LogP contribution is -1.98. The number of aldehydes is 1. The summed E-state index contributed by atoms with van der Waals surface area (Å²) in [6.45, 7) is 0.399. The van der Waals surface area contributed by atoms with E-state index in [1.54, 1.807) is 11.3 Å². The van der Waals surface area contributed by atoms with Crippen LogP contribution in [0.4, 0.5) is 0 Å². The van der Waals surface area contributed by atoms with Gasteiger partial charge in [0.1, 0.15) is 12.4 Å². The summed E-state index contributed by atoms with van der Waals surface area (Å²) in [6, 6.07) is 15.1. The van der Waals surface area contributed by atoms with E-state index >= 15 is 0 Å². The zero-order valence-corrected chi connectivity index (χ0v) is 13.2. The third kappa shape index (κ3) is 3.38. The van der Waals surface area contributed by atoms with E-state index in [4.69, 9.17) is 16.3 Å². The fourth-order valence-corrected chi connectivity index (χ4v) is 2.91. The quantitative estimate of drug-likeness (QED) is 0.581. The molecule has 0 saturated carbocycles. The number of carbonyl (C=O) groups is 1. The van der Waals surface area contributed by atoms with Gasteiger partial charge in [-0.1, -0.05) is 29.8 Å². The Morgan fingerprint density at radius 2 is 1.86 bits per heavy atom. The number of rotatable bonds is 5. The molecule has 0 N–H and O–H groups in total. The number of benzene rings is 2. The zero-order valence-electron chi connectivity index (χ0n) is 11.7. The molecule has 0 aliphatic heterocycles. The molecule has 0 amide bonds. The van der Waals surface area contributed by atoms with Crippen molar-refractivity contribution in [1.82, 2.24) is 0 Å². The van der Waals surface area contributed by atoms with Crippen molar-refractivity contribution in [3.05, 3.63) is 75.4 Å². The predicted molar refractivity (Wildman–Crippen MR) is 90.9 cm³/mol. The van der Waals surface area contributed by atoms with Gasteiger partial charge in [0.15, 0.2) is 6.29 Å². The molecule has 0 unspecified atom stereocenters. The van der Waals surface area contributed by atoms with Gasteiger partial charge < -0.3 is 4.74 Å². The van der Waals surface area contributed by atoms with Crippen LogP contribution in [-0.2, 0) is 6.61 Å². The zero-order chi connectivity index (χ0) is 15.4. The Bertz CT molecular complexity index is 764. The topological polar surface area (TPSA) is 26.3 Å². The van der Waals surface area contributed by atoms with Crippen LogP contribution in [0.15, 0.2) is 59.3 Å². The Hall–Kier alpha value is -2.10. The maximum absolute atomic E-state index is 11.3. The molecule has 1 aromatic heterocycles. The number of halogens is 1. The van der Waals surface area contributed by atoms with Gasteiger partial charge in [0, 0.05) is 5.02 Å². The summed E-state index contributed by atoms with van der Waals surface area (Å²) in [7, 11) is 0. The van der Waals surface area contributed by atoms with Gasteiger partial charge in [-0.05, 0) is 57.8 Å². The lowest BCUT2D eigenvalue weighted by Gasteiger charge is -2.10. The largest absolute Gasteiger partial charge is 0.488 e. The maximum Gasteiger partial charge on any atom is 0.153 e. The summed E-state index contributed by atoms with van der Waals surface area (Å²) < 4.78 is 5.75. The number of ether oxygens (including phenoxy) is 1. The average molecular weight is 329 g/mol. The van der Waals surface area contributed by atoms with Crippen LogP contribution < -0.4 is 4.74 Å². The van der Waals surface area contributed by atoms with Crippen LogP contribution in [0.1, 0.15) is 15.9 Å². The molecular formula is C18H13ClO2S. The van der Waals surface area contributed by atoms with Gasteiger partial charge in [-0.15, -0.1) is 0 Å². The van der Waals surface area contributed by atoms with Crippen LogP contribution >= 0.6 is 22.9 Å². The van der Waals surface area contributed by atoms with Crippen molar-refractivity contribution in [2.45, 2.75) is 6.61 Å². The second-order valence-corrected chi connectivity index (χ2v) is 6.01. The summed E-state index contributed by atoms with van der Waals surface area (Å²) in [4.78, 5) is 11.3. The molecule has 0 aliphatic rings. The Morgan fingerprint density at radius 1 is 1.05 bits per heavy atom. The molecule has 1 heterocycles. The summed E-state index contributed by atoms with van der Waals surface area (Å²) >= 11 is 7.49. The SMILES string of the molecule is O=Cc1cc(-c2ccsc2)ccc1OCc1ccc(Cl)cc1. The van der Waals surface area contributed by atoms with Crippen molar-refractivity contribution in [2.24, 2.45) is 0 Å². The molecule has 110 valence electrons. The molecule has 0 fully saturated rings. The van der Waals surface area contributed by atoms with Gasteiger partial charge in [0.25, 0.3) is 0 Å². The van der Waals surface area contributed by atoms with E-state index < -0.39 is 0 Å². The fraction of sp³-hybridized carbons (Fsp3) is 0.0556. The Kier molecular flexibility index (Phi) is 4.56. The second-order valence-electron chi connectivity index (χ2n) is 4.80. The number of hydrogen-bond donors (Lipinski definition) is 0. The number of carbonyl (C=O) groups excluding carboxylic acids is 1. The normalized spacial score (nSPS) is 10.4. The van der Waals surface area contributed by atoms with Crippen LogP contribution in [0.25, 0.3) is 11.1 Å². The minimum Gasteiger partial charge on any atom is -0.488 e. The molecule has 4 heteroatoms. The Balaban J connectivity index is 1.78. The van der Waals surface area contributed by atoms with E-state index in [0.29, 0.717) is 22.9 Å². The molecule has 0 radical (unpaired) electrons. The van der Waals surface area contributed by atoms with Crippen molar-refractivity contribution >= 4 is 29.2 Å². The van der Waals surface area contributed by atoms with Crippen molar-refractivity contribution in [1.29, 1.82) is 0 Å². The first-order valence-electron chi connectivity index (χ1n) is 6.75. The van der Waals surface area contributed by atoms with Gasteiger partial charge in [0.2, 0.25) is 0 Å². The minimum atomic E-state index is 0.399. The average Bonchev–Trinajstić information content (AvgIpc) is 3.08. The van der Waals surface area contributed by atoms with E-state index in [1.807, 2.05) is 53.9 Å². The molecule has 0 spiro atoms. The van der Waals surface area contributed by atoms with Crippen LogP contribution in [0.2, 0.25) is 5.02 Å². The van der Waals surface area contributed by atoms with E-state index in [-0.39, 0.29) is 0 Å². The number of thiophene rings is 1. The molecule has 2 nitrogen and oxygen atoms in total. The molecule has 0 aliphatic carbocycles. The van der Waals surface area contributed by atoms with E-state index in [2.05, 4.69) is 5.38 Å². The van der Waals surface area contributed by atoms with Crippen molar-refractivity contribution in [3.63, 3.8) is 0 Å². The van der Waals surface area contributed by atoms with Gasteiger partial charge >= 0.3 is 0 Å². The van der Waals surface area contributed by atoms with E-state index in [1.165, 1.54) is 0 Å². The Labute approximate surface area is 137 Å². The van der Waals surface area contributed by atoms with Crippen molar-refractivity contribution < 1.29 is 9.53 Å². The maximum atomic E-state index is 11.3. The lowest BCUT2D eigenvalue weighted by atomic mass is 10.1. The standard InChI is InChI=1S/C18H13ClO2S/c19-17-4-1-13(2-5-17)11-21-18-6-3-14(9-16(18)10-20)15-7-8-22-12-15/h1-10,12H,11H2. The van der Waals surface area contributed by atoms with Crippen LogP contribution in [0.3, 0.4) is 0 Å². The van der Waals surface area contributed by atoms with Gasteiger partial charge in [0.05, 0.1) is 5.56 Å².